The topological polar surface area (TPSA) is 105 Å². The summed E-state index contributed by atoms with van der Waals surface area (Å²) in [6.45, 7) is 4.22. The number of halogens is 3. The van der Waals surface area contributed by atoms with E-state index in [0.717, 1.165) is 37.7 Å². The number of terminal acetylenes is 1. The summed E-state index contributed by atoms with van der Waals surface area (Å²) in [7, 11) is 0. The first kappa shape index (κ1) is 23.8. The quantitative estimate of drug-likeness (QED) is 0.564. The van der Waals surface area contributed by atoms with Crippen molar-refractivity contribution in [2.75, 3.05) is 31.1 Å². The molecule has 3 aromatic rings. The fourth-order valence-corrected chi connectivity index (χ4v) is 3.29. The number of carbonyl (C=O) groups is 1. The summed E-state index contributed by atoms with van der Waals surface area (Å²) in [4.78, 5) is 28.8. The molecule has 12 heteroatoms. The zero-order valence-corrected chi connectivity index (χ0v) is 17.4. The van der Waals surface area contributed by atoms with Gasteiger partial charge in [0.2, 0.25) is 5.95 Å². The van der Waals surface area contributed by atoms with Gasteiger partial charge < -0.3 is 19.9 Å². The van der Waals surface area contributed by atoms with E-state index in [0.29, 0.717) is 17.6 Å². The highest BCUT2D eigenvalue weighted by atomic mass is 19.4. The molecule has 1 aliphatic heterocycles. The number of nitrogens with one attached hydrogen (secondary N) is 1. The summed E-state index contributed by atoms with van der Waals surface area (Å²) in [6.07, 6.45) is 1.91. The van der Waals surface area contributed by atoms with Crippen molar-refractivity contribution in [2.24, 2.45) is 0 Å². The monoisotopic (exact) mass is 462 g/mol. The molecule has 3 heterocycles. The molecule has 0 aliphatic carbocycles. The maximum Gasteiger partial charge on any atom is 0.490 e. The Morgan fingerprint density at radius 1 is 1.21 bits per heavy atom. The van der Waals surface area contributed by atoms with Gasteiger partial charge in [-0.05, 0) is 5.56 Å². The average molecular weight is 462 g/mol. The number of rotatable bonds is 4. The number of hydrogen-bond acceptors (Lipinski definition) is 6. The molecule has 33 heavy (non-hydrogen) atoms. The zero-order valence-electron chi connectivity index (χ0n) is 17.4. The number of carboxylic acid groups (broad SMARTS) is 1. The lowest BCUT2D eigenvalue weighted by atomic mass is 10.2. The normalized spacial score (nSPS) is 13.8. The first-order valence-corrected chi connectivity index (χ1v) is 9.92. The van der Waals surface area contributed by atoms with Gasteiger partial charge in [0.05, 0.1) is 12.7 Å². The molecule has 0 unspecified atom stereocenters. The van der Waals surface area contributed by atoms with Crippen molar-refractivity contribution in [1.29, 1.82) is 0 Å². The van der Waals surface area contributed by atoms with E-state index in [4.69, 9.17) is 21.3 Å². The molecule has 1 aliphatic rings. The second-order valence-corrected chi connectivity index (χ2v) is 7.07. The van der Waals surface area contributed by atoms with Gasteiger partial charge in [0.1, 0.15) is 17.6 Å². The summed E-state index contributed by atoms with van der Waals surface area (Å²) in [5, 5.41) is 14.6. The number of aromatic nitrogens is 4. The highest BCUT2D eigenvalue weighted by molar-refractivity contribution is 5.77. The standard InChI is InChI=1S/C19H20N6O.C2HF3O2/c1-2-10-25-18(26)17-16(13-21-25)22-19(23-11-8-20-9-12-23)24(17)14-15-6-4-3-5-7-15;3-2(4,5)1(6)7/h1,3-7,13,20H,8-12,14H2;(H,6,7). The molecular formula is C21H21F3N6O3. The third-order valence-electron chi connectivity index (χ3n) is 4.80. The van der Waals surface area contributed by atoms with Crippen LogP contribution in [0, 0.1) is 12.3 Å². The molecular weight excluding hydrogens is 441 g/mol. The van der Waals surface area contributed by atoms with Crippen molar-refractivity contribution < 1.29 is 23.1 Å². The largest absolute Gasteiger partial charge is 0.490 e. The van der Waals surface area contributed by atoms with Gasteiger partial charge in [-0.1, -0.05) is 36.3 Å². The van der Waals surface area contributed by atoms with E-state index in [1.54, 1.807) is 6.20 Å². The second kappa shape index (κ2) is 10.2. The van der Waals surface area contributed by atoms with Crippen molar-refractivity contribution in [3.63, 3.8) is 0 Å². The van der Waals surface area contributed by atoms with Gasteiger partial charge in [-0.25, -0.2) is 14.5 Å². The summed E-state index contributed by atoms with van der Waals surface area (Å²) >= 11 is 0. The molecule has 4 rings (SSSR count). The number of fused-ring (bicyclic) bond motifs is 1. The van der Waals surface area contributed by atoms with Crippen LogP contribution >= 0.6 is 0 Å². The van der Waals surface area contributed by atoms with Crippen molar-refractivity contribution in [3.05, 3.63) is 52.4 Å². The van der Waals surface area contributed by atoms with Crippen LogP contribution in [0.3, 0.4) is 0 Å². The molecule has 174 valence electrons. The highest BCUT2D eigenvalue weighted by Crippen LogP contribution is 2.22. The lowest BCUT2D eigenvalue weighted by Crippen LogP contribution is -2.44. The third-order valence-corrected chi connectivity index (χ3v) is 4.80. The van der Waals surface area contributed by atoms with Gasteiger partial charge in [0.25, 0.3) is 5.56 Å². The maximum atomic E-state index is 12.9. The van der Waals surface area contributed by atoms with Gasteiger partial charge >= 0.3 is 12.1 Å². The van der Waals surface area contributed by atoms with E-state index in [-0.39, 0.29) is 12.1 Å². The van der Waals surface area contributed by atoms with E-state index in [1.807, 2.05) is 22.8 Å². The Bertz CT molecular complexity index is 1210. The number of carboxylic acids is 1. The molecule has 2 aromatic heterocycles. The van der Waals surface area contributed by atoms with Crippen LogP contribution in [0.15, 0.2) is 41.3 Å². The molecule has 0 spiro atoms. The minimum atomic E-state index is -5.08. The molecule has 1 fully saturated rings. The first-order chi connectivity index (χ1) is 15.7. The smallest absolute Gasteiger partial charge is 0.475 e. The Balaban J connectivity index is 0.000000383. The first-order valence-electron chi connectivity index (χ1n) is 9.92. The SMILES string of the molecule is C#CCn1ncc2nc(N3CCNCC3)n(Cc3ccccc3)c2c1=O.O=C(O)C(F)(F)F. The Morgan fingerprint density at radius 3 is 2.42 bits per heavy atom. The highest BCUT2D eigenvalue weighted by Gasteiger charge is 2.38. The Morgan fingerprint density at radius 2 is 1.85 bits per heavy atom. The lowest BCUT2D eigenvalue weighted by Gasteiger charge is -2.28. The minimum Gasteiger partial charge on any atom is -0.475 e. The number of aliphatic carboxylic acids is 1. The fourth-order valence-electron chi connectivity index (χ4n) is 3.29. The predicted molar refractivity (Wildman–Crippen MR) is 115 cm³/mol. The number of hydrogen-bond donors (Lipinski definition) is 2. The average Bonchev–Trinajstić information content (AvgIpc) is 3.16. The van der Waals surface area contributed by atoms with Gasteiger partial charge in [0, 0.05) is 26.2 Å². The van der Waals surface area contributed by atoms with Crippen molar-refractivity contribution in [2.45, 2.75) is 19.3 Å². The summed E-state index contributed by atoms with van der Waals surface area (Å²) in [5.41, 5.74) is 2.06. The molecule has 0 radical (unpaired) electrons. The summed E-state index contributed by atoms with van der Waals surface area (Å²) in [6, 6.07) is 10.1. The van der Waals surface area contributed by atoms with E-state index in [9.17, 15) is 18.0 Å². The summed E-state index contributed by atoms with van der Waals surface area (Å²) < 4.78 is 35.0. The summed E-state index contributed by atoms with van der Waals surface area (Å²) in [5.74, 6) is 0.532. The Labute approximate surface area is 186 Å². The Kier molecular flexibility index (Phi) is 7.34. The maximum absolute atomic E-state index is 12.9. The van der Waals surface area contributed by atoms with E-state index in [2.05, 4.69) is 33.4 Å². The number of imidazole rings is 1. The molecule has 1 aromatic carbocycles. The van der Waals surface area contributed by atoms with E-state index >= 15 is 0 Å². The van der Waals surface area contributed by atoms with Gasteiger partial charge in [-0.15, -0.1) is 6.42 Å². The van der Waals surface area contributed by atoms with Crippen LogP contribution in [0.2, 0.25) is 0 Å². The predicted octanol–water partition coefficient (Wildman–Crippen LogP) is 1.32. The number of alkyl halides is 3. The third kappa shape index (κ3) is 5.69. The Hall–Kier alpha value is -3.85. The van der Waals surface area contributed by atoms with Crippen LogP contribution in [-0.4, -0.2) is 62.8 Å². The van der Waals surface area contributed by atoms with Crippen LogP contribution in [0.1, 0.15) is 5.56 Å². The number of benzene rings is 1. The number of nitrogens with zero attached hydrogens (tertiary/aromatic N) is 5. The van der Waals surface area contributed by atoms with Crippen LogP contribution in [0.4, 0.5) is 19.1 Å². The van der Waals surface area contributed by atoms with Gasteiger partial charge in [-0.3, -0.25) is 4.79 Å². The van der Waals surface area contributed by atoms with Crippen molar-refractivity contribution in [1.82, 2.24) is 24.6 Å². The molecule has 2 N–H and O–H groups in total. The molecule has 1 saturated heterocycles. The molecule has 0 bridgehead atoms. The second-order valence-electron chi connectivity index (χ2n) is 7.07. The molecule has 0 atom stereocenters. The molecule has 0 amide bonds. The van der Waals surface area contributed by atoms with Crippen LogP contribution in [0.25, 0.3) is 11.0 Å². The van der Waals surface area contributed by atoms with Crippen LogP contribution in [0.5, 0.6) is 0 Å². The van der Waals surface area contributed by atoms with Crippen LogP contribution < -0.4 is 15.8 Å². The van der Waals surface area contributed by atoms with Crippen molar-refractivity contribution in [3.8, 4) is 12.3 Å². The van der Waals surface area contributed by atoms with Gasteiger partial charge in [0.15, 0.2) is 0 Å². The lowest BCUT2D eigenvalue weighted by molar-refractivity contribution is -0.192. The zero-order chi connectivity index (χ0) is 24.0. The fraction of sp³-hybridized carbons (Fsp3) is 0.333. The molecule has 0 saturated carbocycles. The van der Waals surface area contributed by atoms with Crippen LogP contribution in [-0.2, 0) is 17.9 Å². The number of piperazine rings is 1. The van der Waals surface area contributed by atoms with E-state index in [1.165, 1.54) is 4.68 Å². The van der Waals surface area contributed by atoms with E-state index < -0.39 is 12.1 Å². The number of anilines is 1. The minimum absolute atomic E-state index is 0.147. The molecule has 9 nitrogen and oxygen atoms in total. The van der Waals surface area contributed by atoms with Crippen molar-refractivity contribution >= 4 is 23.0 Å². The van der Waals surface area contributed by atoms with Gasteiger partial charge in [-0.2, -0.15) is 18.3 Å².